The minimum atomic E-state index is -0.197. The van der Waals surface area contributed by atoms with Gasteiger partial charge in [0.25, 0.3) is 11.5 Å². The summed E-state index contributed by atoms with van der Waals surface area (Å²) in [6.45, 7) is 4.44. The van der Waals surface area contributed by atoms with Crippen molar-refractivity contribution in [3.63, 3.8) is 0 Å². The Labute approximate surface area is 175 Å². The minimum Gasteiger partial charge on any atom is -0.334 e. The van der Waals surface area contributed by atoms with Crippen molar-refractivity contribution in [2.45, 2.75) is 51.0 Å². The van der Waals surface area contributed by atoms with Gasteiger partial charge in [0.1, 0.15) is 5.69 Å². The Morgan fingerprint density at radius 3 is 2.83 bits per heavy atom. The quantitative estimate of drug-likeness (QED) is 0.811. The van der Waals surface area contributed by atoms with Gasteiger partial charge in [0.2, 0.25) is 0 Å². The molecule has 5 rings (SSSR count). The maximum atomic E-state index is 13.1. The van der Waals surface area contributed by atoms with Gasteiger partial charge in [0.05, 0.1) is 24.5 Å². The van der Waals surface area contributed by atoms with E-state index in [1.165, 1.54) is 68.6 Å². The number of anilines is 1. The third kappa shape index (κ3) is 3.92. The van der Waals surface area contributed by atoms with E-state index in [0.29, 0.717) is 22.4 Å². The van der Waals surface area contributed by atoms with Crippen LogP contribution in [0.4, 0.5) is 5.69 Å². The van der Waals surface area contributed by atoms with Gasteiger partial charge in [-0.2, -0.15) is 0 Å². The molecule has 1 unspecified atom stereocenters. The first kappa shape index (κ1) is 19.1. The molecule has 2 bridgehead atoms. The lowest BCUT2D eigenvalue weighted by molar-refractivity contribution is -0.914. The van der Waals surface area contributed by atoms with E-state index in [-0.39, 0.29) is 11.5 Å². The number of pyridine rings is 1. The Balaban J connectivity index is 1.32. The zero-order chi connectivity index (χ0) is 19.8. The molecule has 1 aliphatic carbocycles. The molecule has 1 amide bonds. The first-order valence-corrected chi connectivity index (χ1v) is 12.0. The van der Waals surface area contributed by atoms with Crippen molar-refractivity contribution in [2.24, 2.45) is 11.8 Å². The van der Waals surface area contributed by atoms with E-state index in [0.717, 1.165) is 19.0 Å². The van der Waals surface area contributed by atoms with E-state index in [9.17, 15) is 9.59 Å². The fourth-order valence-corrected chi connectivity index (χ4v) is 6.44. The van der Waals surface area contributed by atoms with E-state index < -0.39 is 0 Å². The Hall–Kier alpha value is -1.92. The van der Waals surface area contributed by atoms with E-state index in [2.05, 4.69) is 11.4 Å². The number of fused-ring (bicyclic) bond motifs is 4. The fourth-order valence-electron chi connectivity index (χ4n) is 5.82. The van der Waals surface area contributed by atoms with E-state index in [1.54, 1.807) is 11.0 Å². The summed E-state index contributed by atoms with van der Waals surface area (Å²) in [5, 5.41) is 4.70. The number of hydrogen-bond donors (Lipinski definition) is 2. The van der Waals surface area contributed by atoms with Crippen LogP contribution in [0.5, 0.6) is 0 Å². The van der Waals surface area contributed by atoms with Crippen molar-refractivity contribution in [2.75, 3.05) is 25.0 Å². The molecule has 2 aliphatic heterocycles. The number of aromatic nitrogens is 1. The molecule has 2 aromatic rings. The number of nitrogens with one attached hydrogen (secondary N) is 2. The SMILES string of the molecule is O=C(Nc1ccc2n(c1=O)C[C@H]1C[C@@H]2C[NH+](CC2CCCCC2)C1)c1cccs1. The number of quaternary nitrogens is 1. The van der Waals surface area contributed by atoms with Gasteiger partial charge >= 0.3 is 0 Å². The summed E-state index contributed by atoms with van der Waals surface area (Å²) in [5.41, 5.74) is 1.53. The highest BCUT2D eigenvalue weighted by Crippen LogP contribution is 2.31. The molecule has 4 heterocycles. The zero-order valence-corrected chi connectivity index (χ0v) is 17.7. The molecular formula is C23H30N3O2S+. The summed E-state index contributed by atoms with van der Waals surface area (Å²) >= 11 is 1.39. The van der Waals surface area contributed by atoms with Crippen molar-refractivity contribution in [1.82, 2.24) is 4.57 Å². The first-order chi connectivity index (χ1) is 14.2. The van der Waals surface area contributed by atoms with Crippen LogP contribution < -0.4 is 15.8 Å². The predicted octanol–water partition coefficient (Wildman–Crippen LogP) is 2.74. The Morgan fingerprint density at radius 1 is 1.17 bits per heavy atom. The lowest BCUT2D eigenvalue weighted by atomic mass is 9.81. The van der Waals surface area contributed by atoms with E-state index in [1.807, 2.05) is 22.1 Å². The number of thiophene rings is 1. The predicted molar refractivity (Wildman–Crippen MR) is 116 cm³/mol. The molecule has 3 atom stereocenters. The second kappa shape index (κ2) is 8.07. The summed E-state index contributed by atoms with van der Waals surface area (Å²) in [6, 6.07) is 7.53. The third-order valence-corrected chi connectivity index (χ3v) is 7.96. The lowest BCUT2D eigenvalue weighted by Crippen LogP contribution is -3.15. The number of piperidine rings is 1. The Kier molecular flexibility index (Phi) is 5.31. The van der Waals surface area contributed by atoms with Crippen molar-refractivity contribution in [3.05, 3.63) is 50.6 Å². The van der Waals surface area contributed by atoms with Crippen molar-refractivity contribution in [1.29, 1.82) is 0 Å². The van der Waals surface area contributed by atoms with Crippen molar-refractivity contribution in [3.8, 4) is 0 Å². The maximum Gasteiger partial charge on any atom is 0.274 e. The van der Waals surface area contributed by atoms with Crippen LogP contribution in [0.15, 0.2) is 34.4 Å². The van der Waals surface area contributed by atoms with Gasteiger partial charge in [0, 0.05) is 30.0 Å². The largest absolute Gasteiger partial charge is 0.334 e. The van der Waals surface area contributed by atoms with Crippen LogP contribution in [-0.4, -0.2) is 30.1 Å². The van der Waals surface area contributed by atoms with Crippen LogP contribution in [0.1, 0.15) is 59.8 Å². The third-order valence-electron chi connectivity index (χ3n) is 7.09. The molecule has 2 fully saturated rings. The summed E-state index contributed by atoms with van der Waals surface area (Å²) in [7, 11) is 0. The number of likely N-dealkylation sites (tertiary alicyclic amines) is 1. The summed E-state index contributed by atoms with van der Waals surface area (Å²) < 4.78 is 1.94. The number of nitrogens with zero attached hydrogens (tertiary/aromatic N) is 1. The second-order valence-electron chi connectivity index (χ2n) is 9.18. The van der Waals surface area contributed by atoms with Crippen molar-refractivity contribution >= 4 is 22.9 Å². The lowest BCUT2D eigenvalue weighted by Gasteiger charge is -2.41. The smallest absolute Gasteiger partial charge is 0.274 e. The van der Waals surface area contributed by atoms with Gasteiger partial charge in [0.15, 0.2) is 0 Å². The van der Waals surface area contributed by atoms with E-state index in [4.69, 9.17) is 0 Å². The van der Waals surface area contributed by atoms with Gasteiger partial charge in [-0.25, -0.2) is 0 Å². The Morgan fingerprint density at radius 2 is 2.03 bits per heavy atom. The van der Waals surface area contributed by atoms with Gasteiger partial charge in [-0.1, -0.05) is 25.3 Å². The van der Waals surface area contributed by atoms with Crippen LogP contribution in [0.2, 0.25) is 0 Å². The normalized spacial score (nSPS) is 26.7. The average Bonchev–Trinajstić information content (AvgIpc) is 3.26. The van der Waals surface area contributed by atoms with Crippen LogP contribution in [-0.2, 0) is 6.54 Å². The molecule has 154 valence electrons. The second-order valence-corrected chi connectivity index (χ2v) is 10.1. The number of carbonyl (C=O) groups is 1. The highest BCUT2D eigenvalue weighted by molar-refractivity contribution is 7.12. The molecular weight excluding hydrogens is 382 g/mol. The molecule has 0 spiro atoms. The minimum absolute atomic E-state index is 0.0437. The van der Waals surface area contributed by atoms with Gasteiger partial charge < -0.3 is 14.8 Å². The standard InChI is InChI=1S/C23H29N3O2S/c27-22(21-7-4-10-29-21)24-19-8-9-20-18-11-17(14-26(20)23(19)28)13-25(15-18)12-16-5-2-1-3-6-16/h4,7-10,16-18H,1-3,5-6,11-15H2,(H,24,27)/p+1/t17-,18+/m0/s1. The van der Waals surface area contributed by atoms with Gasteiger partial charge in [-0.05, 0) is 42.8 Å². The fraction of sp³-hybridized carbons (Fsp3) is 0.565. The van der Waals surface area contributed by atoms with Gasteiger partial charge in [-0.3, -0.25) is 9.59 Å². The van der Waals surface area contributed by atoms with Crippen LogP contribution in [0, 0.1) is 11.8 Å². The van der Waals surface area contributed by atoms with Crippen LogP contribution in [0.3, 0.4) is 0 Å². The van der Waals surface area contributed by atoms with Crippen molar-refractivity contribution < 1.29 is 9.69 Å². The average molecular weight is 413 g/mol. The highest BCUT2D eigenvalue weighted by atomic mass is 32.1. The monoisotopic (exact) mass is 412 g/mol. The number of rotatable bonds is 4. The molecule has 3 aliphatic rings. The number of hydrogen-bond acceptors (Lipinski definition) is 3. The van der Waals surface area contributed by atoms with Crippen LogP contribution in [0.25, 0.3) is 0 Å². The molecule has 29 heavy (non-hydrogen) atoms. The number of carbonyl (C=O) groups excluding carboxylic acids is 1. The summed E-state index contributed by atoms with van der Waals surface area (Å²) in [6.07, 6.45) is 8.24. The summed E-state index contributed by atoms with van der Waals surface area (Å²) in [5.74, 6) is 1.74. The summed E-state index contributed by atoms with van der Waals surface area (Å²) in [4.78, 5) is 27.8. The highest BCUT2D eigenvalue weighted by Gasteiger charge is 2.38. The molecule has 2 N–H and O–H groups in total. The molecule has 6 heteroatoms. The molecule has 0 radical (unpaired) electrons. The van der Waals surface area contributed by atoms with Gasteiger partial charge in [-0.15, -0.1) is 11.3 Å². The van der Waals surface area contributed by atoms with Crippen LogP contribution >= 0.6 is 11.3 Å². The first-order valence-electron chi connectivity index (χ1n) is 11.1. The number of amides is 1. The maximum absolute atomic E-state index is 13.1. The molecule has 5 nitrogen and oxygen atoms in total. The van der Waals surface area contributed by atoms with E-state index >= 15 is 0 Å². The molecule has 0 aromatic carbocycles. The molecule has 2 aromatic heterocycles. The molecule has 1 saturated heterocycles. The Bertz CT molecular complexity index is 930. The molecule has 1 saturated carbocycles. The zero-order valence-electron chi connectivity index (χ0n) is 16.9. The topological polar surface area (TPSA) is 55.5 Å².